The molecule has 116 valence electrons. The van der Waals surface area contributed by atoms with Gasteiger partial charge in [-0.15, -0.1) is 0 Å². The maximum absolute atomic E-state index is 13.1. The average Bonchev–Trinajstić information content (AvgIpc) is 2.43. The van der Waals surface area contributed by atoms with E-state index in [1.54, 1.807) is 0 Å². The summed E-state index contributed by atoms with van der Waals surface area (Å²) in [7, 11) is -4.07. The van der Waals surface area contributed by atoms with Crippen LogP contribution in [0.5, 0.6) is 0 Å². The SMILES string of the molecule is Nc1ccc(NS(=O)(=O)c2ccc(F)c(Cl)c2)cc1[N+](=O)[O-]. The molecule has 3 N–H and O–H groups in total. The summed E-state index contributed by atoms with van der Waals surface area (Å²) >= 11 is 5.54. The third kappa shape index (κ3) is 3.26. The van der Waals surface area contributed by atoms with E-state index in [9.17, 15) is 22.9 Å². The van der Waals surface area contributed by atoms with Crippen LogP contribution in [-0.2, 0) is 10.0 Å². The number of nitro groups is 1. The first-order chi connectivity index (χ1) is 10.2. The van der Waals surface area contributed by atoms with Crippen molar-refractivity contribution < 1.29 is 17.7 Å². The molecule has 0 atom stereocenters. The summed E-state index contributed by atoms with van der Waals surface area (Å²) in [6.45, 7) is 0. The van der Waals surface area contributed by atoms with Gasteiger partial charge in [0.2, 0.25) is 0 Å². The number of nitrogens with two attached hydrogens (primary N) is 1. The highest BCUT2D eigenvalue weighted by Crippen LogP contribution is 2.27. The molecule has 2 rings (SSSR count). The van der Waals surface area contributed by atoms with E-state index < -0.39 is 26.5 Å². The standard InChI is InChI=1S/C12H9ClFN3O4S/c13-9-6-8(2-3-10(9)14)22(20,21)16-7-1-4-11(15)12(5-7)17(18)19/h1-6,16H,15H2. The van der Waals surface area contributed by atoms with Gasteiger partial charge in [0, 0.05) is 6.07 Å². The Morgan fingerprint density at radius 2 is 1.91 bits per heavy atom. The minimum absolute atomic E-state index is 0.0543. The Labute approximate surface area is 129 Å². The lowest BCUT2D eigenvalue weighted by molar-refractivity contribution is -0.383. The molecule has 0 aliphatic rings. The van der Waals surface area contributed by atoms with Crippen LogP contribution in [0.1, 0.15) is 0 Å². The lowest BCUT2D eigenvalue weighted by Crippen LogP contribution is -2.13. The number of rotatable bonds is 4. The molecule has 0 unspecified atom stereocenters. The van der Waals surface area contributed by atoms with Crippen LogP contribution < -0.4 is 10.5 Å². The molecule has 0 saturated heterocycles. The van der Waals surface area contributed by atoms with Crippen molar-refractivity contribution in [1.82, 2.24) is 0 Å². The van der Waals surface area contributed by atoms with E-state index in [1.165, 1.54) is 12.1 Å². The Balaban J connectivity index is 2.38. The van der Waals surface area contributed by atoms with E-state index in [1.807, 2.05) is 0 Å². The number of nitrogen functional groups attached to an aromatic ring is 1. The molecule has 7 nitrogen and oxygen atoms in total. The minimum atomic E-state index is -4.07. The Morgan fingerprint density at radius 1 is 1.23 bits per heavy atom. The zero-order valence-corrected chi connectivity index (χ0v) is 12.4. The molecule has 0 aliphatic carbocycles. The predicted molar refractivity (Wildman–Crippen MR) is 79.7 cm³/mol. The highest BCUT2D eigenvalue weighted by molar-refractivity contribution is 7.92. The molecule has 22 heavy (non-hydrogen) atoms. The van der Waals surface area contributed by atoms with E-state index in [4.69, 9.17) is 17.3 Å². The summed E-state index contributed by atoms with van der Waals surface area (Å²) in [6, 6.07) is 6.32. The maximum atomic E-state index is 13.1. The second-order valence-electron chi connectivity index (χ2n) is 4.21. The Morgan fingerprint density at radius 3 is 2.50 bits per heavy atom. The first-order valence-corrected chi connectivity index (χ1v) is 7.58. The van der Waals surface area contributed by atoms with Crippen LogP contribution in [-0.4, -0.2) is 13.3 Å². The number of nitro benzene ring substituents is 1. The van der Waals surface area contributed by atoms with Crippen molar-refractivity contribution in [2.24, 2.45) is 0 Å². The van der Waals surface area contributed by atoms with Gasteiger partial charge in [0.25, 0.3) is 15.7 Å². The van der Waals surface area contributed by atoms with Gasteiger partial charge in [-0.2, -0.15) is 0 Å². The largest absolute Gasteiger partial charge is 0.393 e. The van der Waals surface area contributed by atoms with E-state index >= 15 is 0 Å². The van der Waals surface area contributed by atoms with Crippen LogP contribution in [0, 0.1) is 15.9 Å². The van der Waals surface area contributed by atoms with Crippen molar-refractivity contribution in [2.75, 3.05) is 10.5 Å². The van der Waals surface area contributed by atoms with Gasteiger partial charge in [-0.05, 0) is 30.3 Å². The van der Waals surface area contributed by atoms with Crippen LogP contribution in [0.25, 0.3) is 0 Å². The second kappa shape index (κ2) is 5.78. The van der Waals surface area contributed by atoms with Gasteiger partial charge in [-0.25, -0.2) is 12.8 Å². The van der Waals surface area contributed by atoms with Gasteiger partial charge in [0.05, 0.1) is 20.5 Å². The monoisotopic (exact) mass is 345 g/mol. The summed E-state index contributed by atoms with van der Waals surface area (Å²) < 4.78 is 39.5. The van der Waals surface area contributed by atoms with Gasteiger partial charge in [0.15, 0.2) is 0 Å². The third-order valence-corrected chi connectivity index (χ3v) is 4.35. The maximum Gasteiger partial charge on any atom is 0.294 e. The zero-order valence-electron chi connectivity index (χ0n) is 10.8. The van der Waals surface area contributed by atoms with Gasteiger partial charge in [0.1, 0.15) is 11.5 Å². The number of sulfonamides is 1. The number of hydrogen-bond donors (Lipinski definition) is 2. The molecule has 0 aliphatic heterocycles. The topological polar surface area (TPSA) is 115 Å². The molecule has 0 fully saturated rings. The molecule has 2 aromatic carbocycles. The van der Waals surface area contributed by atoms with Crippen molar-refractivity contribution in [3.63, 3.8) is 0 Å². The predicted octanol–water partition coefficient (Wildman–Crippen LogP) is 2.77. The fourth-order valence-electron chi connectivity index (χ4n) is 1.62. The summed E-state index contributed by atoms with van der Waals surface area (Å²) in [4.78, 5) is 9.77. The van der Waals surface area contributed by atoms with E-state index in [0.29, 0.717) is 0 Å². The number of benzene rings is 2. The lowest BCUT2D eigenvalue weighted by Gasteiger charge is -2.09. The van der Waals surface area contributed by atoms with Crippen molar-refractivity contribution in [2.45, 2.75) is 4.90 Å². The summed E-state index contributed by atoms with van der Waals surface area (Å²) in [5, 5.41) is 10.4. The van der Waals surface area contributed by atoms with Crippen LogP contribution >= 0.6 is 11.6 Å². The van der Waals surface area contributed by atoms with E-state index in [-0.39, 0.29) is 21.3 Å². The van der Waals surface area contributed by atoms with Crippen LogP contribution in [0.3, 0.4) is 0 Å². The highest BCUT2D eigenvalue weighted by Gasteiger charge is 2.18. The van der Waals surface area contributed by atoms with Crippen molar-refractivity contribution in [3.8, 4) is 0 Å². The first kappa shape index (κ1) is 16.0. The molecule has 10 heteroatoms. The summed E-state index contributed by atoms with van der Waals surface area (Å²) in [5.74, 6) is -0.760. The number of nitrogens with one attached hydrogen (secondary N) is 1. The lowest BCUT2D eigenvalue weighted by atomic mass is 10.2. The second-order valence-corrected chi connectivity index (χ2v) is 6.30. The Kier molecular flexibility index (Phi) is 4.20. The van der Waals surface area contributed by atoms with Crippen molar-refractivity contribution in [3.05, 3.63) is 57.4 Å². The normalized spacial score (nSPS) is 11.2. The van der Waals surface area contributed by atoms with Gasteiger partial charge in [-0.3, -0.25) is 14.8 Å². The Bertz CT molecular complexity index is 857. The van der Waals surface area contributed by atoms with E-state index in [2.05, 4.69) is 4.72 Å². The third-order valence-electron chi connectivity index (χ3n) is 2.68. The minimum Gasteiger partial charge on any atom is -0.393 e. The van der Waals surface area contributed by atoms with Crippen LogP contribution in [0.2, 0.25) is 5.02 Å². The smallest absolute Gasteiger partial charge is 0.294 e. The molecule has 2 aromatic rings. The molecule has 0 spiro atoms. The molecule has 0 amide bonds. The van der Waals surface area contributed by atoms with Crippen LogP contribution in [0.15, 0.2) is 41.3 Å². The number of hydrogen-bond acceptors (Lipinski definition) is 5. The molecular formula is C12H9ClFN3O4S. The first-order valence-electron chi connectivity index (χ1n) is 5.72. The molecule has 0 saturated carbocycles. The average molecular weight is 346 g/mol. The highest BCUT2D eigenvalue weighted by atomic mass is 35.5. The summed E-state index contributed by atoms with van der Waals surface area (Å²) in [5.41, 5.74) is 4.84. The quantitative estimate of drug-likeness (QED) is 0.502. The van der Waals surface area contributed by atoms with Crippen molar-refractivity contribution in [1.29, 1.82) is 0 Å². The van der Waals surface area contributed by atoms with Gasteiger partial charge < -0.3 is 5.73 Å². The van der Waals surface area contributed by atoms with E-state index in [0.717, 1.165) is 24.3 Å². The van der Waals surface area contributed by atoms with Crippen LogP contribution in [0.4, 0.5) is 21.5 Å². The molecule has 0 aromatic heterocycles. The molecule has 0 bridgehead atoms. The number of nitrogens with zero attached hydrogens (tertiary/aromatic N) is 1. The fraction of sp³-hybridized carbons (Fsp3) is 0. The number of halogens is 2. The molecule has 0 heterocycles. The molecule has 0 radical (unpaired) electrons. The van der Waals surface area contributed by atoms with Crippen molar-refractivity contribution >= 4 is 38.7 Å². The number of anilines is 2. The Hall–Kier alpha value is -2.39. The zero-order chi connectivity index (χ0) is 16.5. The van der Waals surface area contributed by atoms with Gasteiger partial charge >= 0.3 is 0 Å². The molecular weight excluding hydrogens is 337 g/mol. The summed E-state index contributed by atoms with van der Waals surface area (Å²) in [6.07, 6.45) is 0. The fourth-order valence-corrected chi connectivity index (χ4v) is 2.94. The van der Waals surface area contributed by atoms with Gasteiger partial charge in [-0.1, -0.05) is 11.6 Å².